The molecule has 2 amide bonds. The number of anilines is 1. The molecular weight excluding hydrogens is 442 g/mol. The number of aromatic nitrogens is 1. The summed E-state index contributed by atoms with van der Waals surface area (Å²) in [7, 11) is 1.99. The van der Waals surface area contributed by atoms with E-state index < -0.39 is 11.6 Å². The number of carbonyl (C=O) groups is 2. The minimum Gasteiger partial charge on any atom is -0.361 e. The molecule has 0 bridgehead atoms. The lowest BCUT2D eigenvalue weighted by atomic mass is 10.0. The van der Waals surface area contributed by atoms with Crippen molar-refractivity contribution in [2.75, 3.05) is 38.1 Å². The molecule has 1 aromatic carbocycles. The van der Waals surface area contributed by atoms with Crippen molar-refractivity contribution in [2.45, 2.75) is 59.4 Å². The highest BCUT2D eigenvalue weighted by Gasteiger charge is 2.29. The minimum atomic E-state index is -1.02. The van der Waals surface area contributed by atoms with Crippen molar-refractivity contribution in [3.05, 3.63) is 46.3 Å². The lowest BCUT2D eigenvalue weighted by Gasteiger charge is -2.31. The van der Waals surface area contributed by atoms with E-state index in [4.69, 9.17) is 4.52 Å². The van der Waals surface area contributed by atoms with Crippen LogP contribution in [-0.2, 0) is 11.3 Å². The Labute approximate surface area is 199 Å². The molecule has 0 fully saturated rings. The molecule has 7 nitrogen and oxygen atoms in total. The van der Waals surface area contributed by atoms with Crippen LogP contribution in [0.1, 0.15) is 73.3 Å². The van der Waals surface area contributed by atoms with Gasteiger partial charge in [-0.15, -0.1) is 0 Å². The van der Waals surface area contributed by atoms with E-state index in [1.165, 1.54) is 4.90 Å². The fourth-order valence-corrected chi connectivity index (χ4v) is 4.33. The number of hydrogen-bond donors (Lipinski definition) is 0. The molecule has 0 atom stereocenters. The maximum absolute atomic E-state index is 14.4. The summed E-state index contributed by atoms with van der Waals surface area (Å²) in [5.41, 5.74) is 1.67. The van der Waals surface area contributed by atoms with Crippen LogP contribution in [0.15, 0.2) is 16.7 Å². The van der Waals surface area contributed by atoms with Crippen LogP contribution in [0, 0.1) is 18.6 Å². The van der Waals surface area contributed by atoms with E-state index in [0.717, 1.165) is 25.2 Å². The summed E-state index contributed by atoms with van der Waals surface area (Å²) in [5, 5.41) is 4.07. The summed E-state index contributed by atoms with van der Waals surface area (Å²) < 4.78 is 34.0. The van der Waals surface area contributed by atoms with E-state index in [1.807, 2.05) is 20.9 Å². The zero-order valence-corrected chi connectivity index (χ0v) is 20.7. The molecule has 0 spiro atoms. The maximum atomic E-state index is 14.4. The van der Waals surface area contributed by atoms with Gasteiger partial charge in [0, 0.05) is 32.1 Å². The van der Waals surface area contributed by atoms with Crippen LogP contribution in [0.2, 0.25) is 0 Å². The third-order valence-electron chi connectivity index (χ3n) is 6.20. The highest BCUT2D eigenvalue weighted by Crippen LogP contribution is 2.29. The number of halogens is 2. The van der Waals surface area contributed by atoms with Crippen molar-refractivity contribution >= 4 is 17.5 Å². The zero-order chi connectivity index (χ0) is 25.0. The molecule has 0 unspecified atom stereocenters. The normalized spacial score (nSPS) is 16.2. The van der Waals surface area contributed by atoms with E-state index in [0.29, 0.717) is 54.2 Å². The van der Waals surface area contributed by atoms with Gasteiger partial charge < -0.3 is 19.2 Å². The number of carbonyl (C=O) groups excluding carboxylic acids is 2. The van der Waals surface area contributed by atoms with Gasteiger partial charge in [0.1, 0.15) is 11.3 Å². The summed E-state index contributed by atoms with van der Waals surface area (Å²) in [6, 6.07) is 2.17. The fraction of sp³-hybridized carbons (Fsp3) is 0.560. The second-order valence-corrected chi connectivity index (χ2v) is 9.18. The van der Waals surface area contributed by atoms with E-state index in [1.54, 1.807) is 18.7 Å². The largest absolute Gasteiger partial charge is 0.361 e. The van der Waals surface area contributed by atoms with Gasteiger partial charge in [-0.2, -0.15) is 0 Å². The zero-order valence-electron chi connectivity index (χ0n) is 20.7. The lowest BCUT2D eigenvalue weighted by Crippen LogP contribution is -2.38. The Morgan fingerprint density at radius 3 is 2.38 bits per heavy atom. The Balaban J connectivity index is 2.09. The molecule has 186 valence electrons. The topological polar surface area (TPSA) is 69.9 Å². The van der Waals surface area contributed by atoms with Crippen molar-refractivity contribution in [3.8, 4) is 0 Å². The SMILES string of the molecule is CCC(=O)N1CCCN(C)CCCN(C(=O)c2c(C(C)C)noc2C)Cc2cc(F)c(F)cc21. The monoisotopic (exact) mass is 476 g/mol. The molecule has 0 saturated heterocycles. The molecule has 1 aliphatic rings. The Morgan fingerprint density at radius 1 is 1.09 bits per heavy atom. The number of amides is 2. The number of nitrogens with zero attached hydrogens (tertiary/aromatic N) is 4. The lowest BCUT2D eigenvalue weighted by molar-refractivity contribution is -0.118. The molecule has 2 aromatic rings. The van der Waals surface area contributed by atoms with E-state index in [-0.39, 0.29) is 30.7 Å². The summed E-state index contributed by atoms with van der Waals surface area (Å²) in [6.45, 7) is 9.62. The Bertz CT molecular complexity index is 1040. The van der Waals surface area contributed by atoms with Crippen LogP contribution >= 0.6 is 0 Å². The van der Waals surface area contributed by atoms with Crippen molar-refractivity contribution in [1.29, 1.82) is 0 Å². The molecule has 9 heteroatoms. The molecule has 0 saturated carbocycles. The quantitative estimate of drug-likeness (QED) is 0.653. The smallest absolute Gasteiger partial charge is 0.259 e. The average molecular weight is 477 g/mol. The summed E-state index contributed by atoms with van der Waals surface area (Å²) in [4.78, 5) is 31.8. The highest BCUT2D eigenvalue weighted by atomic mass is 19.2. The number of rotatable bonds is 3. The first-order valence-electron chi connectivity index (χ1n) is 11.9. The van der Waals surface area contributed by atoms with Gasteiger partial charge in [-0.3, -0.25) is 9.59 Å². The first-order chi connectivity index (χ1) is 16.1. The van der Waals surface area contributed by atoms with Gasteiger partial charge >= 0.3 is 0 Å². The number of aryl methyl sites for hydroxylation is 1. The fourth-order valence-electron chi connectivity index (χ4n) is 4.33. The standard InChI is InChI=1S/C25H34F2N4O3/c1-6-22(32)31-12-8-10-29(5)9-7-11-30(15-18-13-19(26)20(27)14-21(18)31)25(33)23-17(4)34-28-24(23)16(2)3/h13-14,16H,6-12,15H2,1-5H3. The molecule has 34 heavy (non-hydrogen) atoms. The summed E-state index contributed by atoms with van der Waals surface area (Å²) >= 11 is 0. The van der Waals surface area contributed by atoms with Crippen LogP contribution in [0.25, 0.3) is 0 Å². The van der Waals surface area contributed by atoms with E-state index in [9.17, 15) is 18.4 Å². The second kappa shape index (κ2) is 11.1. The van der Waals surface area contributed by atoms with Crippen LogP contribution in [0.4, 0.5) is 14.5 Å². The Hall–Kier alpha value is -2.81. The first-order valence-corrected chi connectivity index (χ1v) is 11.9. The van der Waals surface area contributed by atoms with Gasteiger partial charge in [0.2, 0.25) is 5.91 Å². The minimum absolute atomic E-state index is 0.0218. The van der Waals surface area contributed by atoms with Gasteiger partial charge in [0.15, 0.2) is 11.6 Å². The van der Waals surface area contributed by atoms with Crippen molar-refractivity contribution in [2.24, 2.45) is 0 Å². The molecular formula is C25H34F2N4O3. The predicted molar refractivity (Wildman–Crippen MR) is 126 cm³/mol. The molecule has 0 aliphatic carbocycles. The first kappa shape index (κ1) is 25.8. The third kappa shape index (κ3) is 5.63. The van der Waals surface area contributed by atoms with Crippen molar-refractivity contribution in [3.63, 3.8) is 0 Å². The molecule has 1 aromatic heterocycles. The van der Waals surface area contributed by atoms with Gasteiger partial charge in [-0.1, -0.05) is 25.9 Å². The summed E-state index contributed by atoms with van der Waals surface area (Å²) in [6.07, 6.45) is 1.63. The molecule has 3 rings (SSSR count). The van der Waals surface area contributed by atoms with Crippen LogP contribution < -0.4 is 4.90 Å². The summed E-state index contributed by atoms with van der Waals surface area (Å²) in [5.74, 6) is -2.08. The predicted octanol–water partition coefficient (Wildman–Crippen LogP) is 4.50. The van der Waals surface area contributed by atoms with Gasteiger partial charge in [0.25, 0.3) is 5.91 Å². The third-order valence-corrected chi connectivity index (χ3v) is 6.20. The number of benzene rings is 1. The van der Waals surface area contributed by atoms with Gasteiger partial charge in [-0.25, -0.2) is 8.78 Å². The number of fused-ring (bicyclic) bond motifs is 1. The molecule has 2 heterocycles. The van der Waals surface area contributed by atoms with Gasteiger partial charge in [0.05, 0.1) is 11.4 Å². The maximum Gasteiger partial charge on any atom is 0.259 e. The second-order valence-electron chi connectivity index (χ2n) is 9.18. The highest BCUT2D eigenvalue weighted by molar-refractivity contribution is 5.97. The van der Waals surface area contributed by atoms with E-state index >= 15 is 0 Å². The van der Waals surface area contributed by atoms with Crippen LogP contribution in [0.3, 0.4) is 0 Å². The molecule has 1 aliphatic heterocycles. The Kier molecular flexibility index (Phi) is 8.41. The average Bonchev–Trinajstić information content (AvgIpc) is 3.18. The van der Waals surface area contributed by atoms with Crippen LogP contribution in [0.5, 0.6) is 0 Å². The van der Waals surface area contributed by atoms with Crippen LogP contribution in [-0.4, -0.2) is 60.0 Å². The van der Waals surface area contributed by atoms with Gasteiger partial charge in [-0.05, 0) is 57.5 Å². The molecule has 0 radical (unpaired) electrons. The Morgan fingerprint density at radius 2 is 1.74 bits per heavy atom. The number of hydrogen-bond acceptors (Lipinski definition) is 5. The van der Waals surface area contributed by atoms with Crippen molar-refractivity contribution in [1.82, 2.24) is 15.0 Å². The molecule has 0 N–H and O–H groups in total. The van der Waals surface area contributed by atoms with E-state index in [2.05, 4.69) is 10.1 Å². The van der Waals surface area contributed by atoms with Crippen molar-refractivity contribution < 1.29 is 22.9 Å².